The van der Waals surface area contributed by atoms with Crippen molar-refractivity contribution in [2.24, 2.45) is 0 Å². The van der Waals surface area contributed by atoms with Crippen LogP contribution >= 0.6 is 46.3 Å². The van der Waals surface area contributed by atoms with Crippen molar-refractivity contribution in [3.8, 4) is 11.5 Å². The van der Waals surface area contributed by atoms with Gasteiger partial charge >= 0.3 is 5.91 Å². The third-order valence-corrected chi connectivity index (χ3v) is 9.65. The van der Waals surface area contributed by atoms with Crippen molar-refractivity contribution in [3.63, 3.8) is 0 Å². The number of ether oxygens (including phenoxy) is 2. The van der Waals surface area contributed by atoms with Crippen LogP contribution in [-0.4, -0.2) is 40.2 Å². The fourth-order valence-corrected chi connectivity index (χ4v) is 7.10. The lowest BCUT2D eigenvalue weighted by Crippen LogP contribution is -2.29. The Balaban J connectivity index is 1.51. The third kappa shape index (κ3) is 7.64. The molecule has 4 aromatic rings. The zero-order chi connectivity index (χ0) is 31.9. The summed E-state index contributed by atoms with van der Waals surface area (Å²) in [6.07, 6.45) is 2.71. The minimum atomic E-state index is -0.966. The van der Waals surface area contributed by atoms with E-state index in [-0.39, 0.29) is 16.5 Å². The summed E-state index contributed by atoms with van der Waals surface area (Å²) in [5.41, 5.74) is 1.79. The van der Waals surface area contributed by atoms with E-state index in [1.54, 1.807) is 54.6 Å². The van der Waals surface area contributed by atoms with E-state index in [9.17, 15) is 14.7 Å². The van der Waals surface area contributed by atoms with Gasteiger partial charge in [-0.1, -0.05) is 84.8 Å². The van der Waals surface area contributed by atoms with Crippen molar-refractivity contribution < 1.29 is 24.2 Å². The molecule has 8 nitrogen and oxygen atoms in total. The van der Waals surface area contributed by atoms with Gasteiger partial charge in [0.2, 0.25) is 5.13 Å². The Morgan fingerprint density at radius 1 is 0.956 bits per heavy atom. The van der Waals surface area contributed by atoms with Crippen molar-refractivity contribution in [2.75, 3.05) is 18.1 Å². The van der Waals surface area contributed by atoms with E-state index in [4.69, 9.17) is 32.7 Å². The highest BCUT2D eigenvalue weighted by Crippen LogP contribution is 2.45. The van der Waals surface area contributed by atoms with Gasteiger partial charge in [0, 0.05) is 21.4 Å². The topological polar surface area (TPSA) is 102 Å². The molecule has 1 aliphatic rings. The predicted molar refractivity (Wildman–Crippen MR) is 180 cm³/mol. The summed E-state index contributed by atoms with van der Waals surface area (Å²) < 4.78 is 12.2. The van der Waals surface area contributed by atoms with Crippen molar-refractivity contribution in [3.05, 3.63) is 99.0 Å². The molecule has 45 heavy (non-hydrogen) atoms. The second-order valence-electron chi connectivity index (χ2n) is 10.2. The predicted octanol–water partition coefficient (Wildman–Crippen LogP) is 8.73. The maximum Gasteiger partial charge on any atom is 0.301 e. The fourth-order valence-electron chi connectivity index (χ4n) is 4.67. The van der Waals surface area contributed by atoms with Gasteiger partial charge in [0.1, 0.15) is 17.3 Å². The van der Waals surface area contributed by atoms with E-state index < -0.39 is 17.7 Å². The molecule has 0 spiro atoms. The molecular weight excluding hydrogens is 653 g/mol. The second-order valence-corrected chi connectivity index (χ2v) is 13.2. The molecule has 1 fully saturated rings. The standard InChI is InChI=1S/C33H31Cl2N3O5S2/c1-3-5-16-43-25-8-6-7-21(17-25)28-27(29(39)20-10-13-24(14-11-20)42-15-4-2)30(40)31(41)38(28)32-36-37-33(45-32)44-19-22-9-12-23(34)18-26(22)35/h6-14,17-18,28,39H,3-5,15-16,19H2,1-2H3/b29-27+. The lowest BCUT2D eigenvalue weighted by Gasteiger charge is -2.23. The van der Waals surface area contributed by atoms with Crippen LogP contribution in [0.1, 0.15) is 55.8 Å². The molecule has 234 valence electrons. The van der Waals surface area contributed by atoms with Gasteiger partial charge in [-0.05, 0) is 72.5 Å². The first-order chi connectivity index (χ1) is 21.8. The van der Waals surface area contributed by atoms with E-state index in [1.165, 1.54) is 28.0 Å². The Bertz CT molecular complexity index is 1710. The number of amides is 1. The number of hydrogen-bond donors (Lipinski definition) is 1. The number of benzene rings is 3. The zero-order valence-electron chi connectivity index (χ0n) is 24.7. The van der Waals surface area contributed by atoms with Gasteiger partial charge in [0.15, 0.2) is 4.34 Å². The van der Waals surface area contributed by atoms with E-state index in [0.29, 0.717) is 56.0 Å². The molecule has 0 saturated carbocycles. The Kier molecular flexibility index (Phi) is 11.0. The van der Waals surface area contributed by atoms with Crippen LogP contribution in [0, 0.1) is 0 Å². The summed E-state index contributed by atoms with van der Waals surface area (Å²) in [4.78, 5) is 28.6. The van der Waals surface area contributed by atoms with E-state index in [0.717, 1.165) is 24.8 Å². The van der Waals surface area contributed by atoms with Crippen LogP contribution in [-0.2, 0) is 15.3 Å². The number of carbonyl (C=O) groups is 2. The SMILES string of the molecule is CCCCOc1cccc(C2/C(=C(\O)c3ccc(OCCC)cc3)C(=O)C(=O)N2c2nnc(SCc3ccc(Cl)cc3Cl)s2)c1. The summed E-state index contributed by atoms with van der Waals surface area (Å²) in [5, 5.41) is 21.4. The van der Waals surface area contributed by atoms with Crippen LogP contribution in [0.5, 0.6) is 11.5 Å². The molecule has 0 radical (unpaired) electrons. The molecule has 1 unspecified atom stereocenters. The number of aliphatic hydroxyl groups is 1. The Morgan fingerprint density at radius 3 is 2.47 bits per heavy atom. The summed E-state index contributed by atoms with van der Waals surface area (Å²) >= 11 is 14.9. The smallest absolute Gasteiger partial charge is 0.301 e. The van der Waals surface area contributed by atoms with Gasteiger partial charge < -0.3 is 14.6 Å². The molecule has 1 aliphatic heterocycles. The molecule has 5 rings (SSSR count). The van der Waals surface area contributed by atoms with Crippen molar-refractivity contribution in [1.29, 1.82) is 0 Å². The van der Waals surface area contributed by atoms with E-state index >= 15 is 0 Å². The van der Waals surface area contributed by atoms with E-state index in [1.807, 2.05) is 19.1 Å². The second kappa shape index (κ2) is 15.1. The molecule has 2 heterocycles. The van der Waals surface area contributed by atoms with Crippen LogP contribution in [0.25, 0.3) is 5.76 Å². The maximum absolute atomic E-state index is 13.7. The Morgan fingerprint density at radius 2 is 1.73 bits per heavy atom. The largest absolute Gasteiger partial charge is 0.507 e. The van der Waals surface area contributed by atoms with Gasteiger partial charge in [0.05, 0.1) is 24.8 Å². The minimum absolute atomic E-state index is 0.0507. The molecule has 1 amide bonds. The molecule has 1 aromatic heterocycles. The lowest BCUT2D eigenvalue weighted by molar-refractivity contribution is -0.132. The van der Waals surface area contributed by atoms with Gasteiger partial charge in [-0.25, -0.2) is 0 Å². The van der Waals surface area contributed by atoms with Crippen molar-refractivity contribution in [1.82, 2.24) is 10.2 Å². The number of halogens is 2. The molecule has 12 heteroatoms. The first-order valence-electron chi connectivity index (χ1n) is 14.5. The number of rotatable bonds is 13. The van der Waals surface area contributed by atoms with Crippen molar-refractivity contribution >= 4 is 68.9 Å². The van der Waals surface area contributed by atoms with Crippen LogP contribution in [0.3, 0.4) is 0 Å². The minimum Gasteiger partial charge on any atom is -0.507 e. The number of ketones is 1. The molecule has 0 bridgehead atoms. The first-order valence-corrected chi connectivity index (χ1v) is 17.0. The van der Waals surface area contributed by atoms with Crippen LogP contribution in [0.2, 0.25) is 10.0 Å². The summed E-state index contributed by atoms with van der Waals surface area (Å²) in [5.74, 6) is -0.189. The number of anilines is 1. The number of nitrogens with zero attached hydrogens (tertiary/aromatic N) is 3. The molecular formula is C33H31Cl2N3O5S2. The zero-order valence-corrected chi connectivity index (χ0v) is 27.8. The average Bonchev–Trinajstić information content (AvgIpc) is 3.61. The van der Waals surface area contributed by atoms with Crippen molar-refractivity contribution in [2.45, 2.75) is 49.2 Å². The van der Waals surface area contributed by atoms with Gasteiger partial charge in [-0.2, -0.15) is 0 Å². The molecule has 1 saturated heterocycles. The molecule has 0 aliphatic carbocycles. The highest BCUT2D eigenvalue weighted by molar-refractivity contribution is 8.00. The number of hydrogen-bond acceptors (Lipinski definition) is 9. The van der Waals surface area contributed by atoms with Crippen LogP contribution < -0.4 is 14.4 Å². The van der Waals surface area contributed by atoms with Crippen LogP contribution in [0.4, 0.5) is 5.13 Å². The summed E-state index contributed by atoms with van der Waals surface area (Å²) in [6.45, 7) is 5.18. The maximum atomic E-state index is 13.7. The number of thioether (sulfide) groups is 1. The number of carbonyl (C=O) groups excluding carboxylic acids is 2. The van der Waals surface area contributed by atoms with Gasteiger partial charge in [-0.15, -0.1) is 10.2 Å². The number of Topliss-reactive ketones (excluding diaryl/α,β-unsaturated/α-hetero) is 1. The highest BCUT2D eigenvalue weighted by Gasteiger charge is 2.48. The average molecular weight is 685 g/mol. The summed E-state index contributed by atoms with van der Waals surface area (Å²) in [6, 6.07) is 18.3. The number of aromatic nitrogens is 2. The monoisotopic (exact) mass is 683 g/mol. The molecule has 1 atom stereocenters. The normalized spacial score (nSPS) is 15.9. The quantitative estimate of drug-likeness (QED) is 0.0373. The molecule has 1 N–H and O–H groups in total. The fraction of sp³-hybridized carbons (Fsp3) is 0.273. The lowest BCUT2D eigenvalue weighted by atomic mass is 9.95. The van der Waals surface area contributed by atoms with E-state index in [2.05, 4.69) is 17.1 Å². The summed E-state index contributed by atoms with van der Waals surface area (Å²) in [7, 11) is 0. The Labute approximate surface area is 280 Å². The van der Waals surface area contributed by atoms with Gasteiger partial charge in [-0.3, -0.25) is 14.5 Å². The number of aliphatic hydroxyl groups excluding tert-OH is 1. The van der Waals surface area contributed by atoms with Crippen LogP contribution in [0.15, 0.2) is 76.6 Å². The highest BCUT2D eigenvalue weighted by atomic mass is 35.5. The first kappa shape index (κ1) is 32.8. The number of unbranched alkanes of at least 4 members (excludes halogenated alkanes) is 1. The third-order valence-electron chi connectivity index (χ3n) is 6.95. The molecule has 3 aromatic carbocycles. The Hall–Kier alpha value is -3.57. The van der Waals surface area contributed by atoms with Gasteiger partial charge in [0.25, 0.3) is 5.78 Å².